The first-order valence-electron chi connectivity index (χ1n) is 6.70. The minimum atomic E-state index is 0.251. The van der Waals surface area contributed by atoms with E-state index in [-0.39, 0.29) is 6.61 Å². The summed E-state index contributed by atoms with van der Waals surface area (Å²) < 4.78 is 0. The zero-order chi connectivity index (χ0) is 12.4. The number of hydrogen-bond acceptors (Lipinski definition) is 2. The third-order valence-corrected chi connectivity index (χ3v) is 3.70. The van der Waals surface area contributed by atoms with Crippen molar-refractivity contribution in [3.8, 4) is 0 Å². The van der Waals surface area contributed by atoms with Crippen molar-refractivity contribution < 1.29 is 5.11 Å². The lowest BCUT2D eigenvalue weighted by molar-refractivity contribution is 0.184. The van der Waals surface area contributed by atoms with Gasteiger partial charge in [-0.2, -0.15) is 0 Å². The SMILES string of the molecule is OCCN(Cc1cccc2ccccc12)C1CC1. The highest BCUT2D eigenvalue weighted by atomic mass is 16.3. The summed E-state index contributed by atoms with van der Waals surface area (Å²) in [4.78, 5) is 2.40. The standard InChI is InChI=1S/C16H19NO/c18-11-10-17(15-8-9-15)12-14-6-3-5-13-4-1-2-7-16(13)14/h1-7,15,18H,8-12H2. The predicted molar refractivity (Wildman–Crippen MR) is 74.5 cm³/mol. The predicted octanol–water partition coefficient (Wildman–Crippen LogP) is 2.80. The van der Waals surface area contributed by atoms with Crippen LogP contribution in [0, 0.1) is 0 Å². The molecule has 2 nitrogen and oxygen atoms in total. The average Bonchev–Trinajstić information content (AvgIpc) is 3.23. The van der Waals surface area contributed by atoms with Gasteiger partial charge in [-0.05, 0) is 29.2 Å². The van der Waals surface area contributed by atoms with Crippen LogP contribution in [0.1, 0.15) is 18.4 Å². The molecule has 0 saturated heterocycles. The number of benzene rings is 2. The smallest absolute Gasteiger partial charge is 0.0558 e. The molecule has 1 fully saturated rings. The number of aliphatic hydroxyl groups excluding tert-OH is 1. The van der Waals surface area contributed by atoms with Gasteiger partial charge in [-0.3, -0.25) is 4.90 Å². The van der Waals surface area contributed by atoms with Crippen LogP contribution in [0.25, 0.3) is 10.8 Å². The summed E-state index contributed by atoms with van der Waals surface area (Å²) in [6.07, 6.45) is 2.57. The Hall–Kier alpha value is -1.38. The van der Waals surface area contributed by atoms with Gasteiger partial charge in [0.1, 0.15) is 0 Å². The van der Waals surface area contributed by atoms with E-state index in [2.05, 4.69) is 47.4 Å². The normalized spacial score (nSPS) is 15.4. The summed E-state index contributed by atoms with van der Waals surface area (Å²) in [7, 11) is 0. The van der Waals surface area contributed by atoms with E-state index < -0.39 is 0 Å². The molecule has 1 N–H and O–H groups in total. The quantitative estimate of drug-likeness (QED) is 0.870. The van der Waals surface area contributed by atoms with Gasteiger partial charge in [0.2, 0.25) is 0 Å². The van der Waals surface area contributed by atoms with Gasteiger partial charge in [0.15, 0.2) is 0 Å². The second kappa shape index (κ2) is 5.09. The van der Waals surface area contributed by atoms with Gasteiger partial charge >= 0.3 is 0 Å². The van der Waals surface area contributed by atoms with Gasteiger partial charge in [0, 0.05) is 19.1 Å². The molecule has 0 bridgehead atoms. The Morgan fingerprint density at radius 2 is 1.83 bits per heavy atom. The maximum atomic E-state index is 9.16. The highest BCUT2D eigenvalue weighted by molar-refractivity contribution is 5.85. The first kappa shape index (κ1) is 11.7. The Morgan fingerprint density at radius 1 is 1.06 bits per heavy atom. The molecule has 0 heterocycles. The fourth-order valence-electron chi connectivity index (χ4n) is 2.61. The molecule has 0 radical (unpaired) electrons. The van der Waals surface area contributed by atoms with Crippen LogP contribution in [0.2, 0.25) is 0 Å². The van der Waals surface area contributed by atoms with E-state index in [0.717, 1.165) is 13.1 Å². The zero-order valence-electron chi connectivity index (χ0n) is 10.5. The second-order valence-electron chi connectivity index (χ2n) is 5.06. The summed E-state index contributed by atoms with van der Waals surface area (Å²) in [6.45, 7) is 1.99. The monoisotopic (exact) mass is 241 g/mol. The Kier molecular flexibility index (Phi) is 3.31. The first-order chi connectivity index (χ1) is 8.88. The van der Waals surface area contributed by atoms with Crippen LogP contribution in [0.15, 0.2) is 42.5 Å². The van der Waals surface area contributed by atoms with Crippen molar-refractivity contribution in [2.75, 3.05) is 13.2 Å². The minimum absolute atomic E-state index is 0.251. The van der Waals surface area contributed by atoms with Gasteiger partial charge in [-0.25, -0.2) is 0 Å². The third kappa shape index (κ3) is 2.40. The van der Waals surface area contributed by atoms with E-state index in [1.807, 2.05) is 0 Å². The number of fused-ring (bicyclic) bond motifs is 1. The molecule has 2 aromatic carbocycles. The van der Waals surface area contributed by atoms with E-state index >= 15 is 0 Å². The van der Waals surface area contributed by atoms with Crippen molar-refractivity contribution >= 4 is 10.8 Å². The lowest BCUT2D eigenvalue weighted by atomic mass is 10.0. The number of nitrogens with zero attached hydrogens (tertiary/aromatic N) is 1. The van der Waals surface area contributed by atoms with Crippen molar-refractivity contribution in [2.45, 2.75) is 25.4 Å². The molecule has 0 atom stereocenters. The van der Waals surface area contributed by atoms with Crippen LogP contribution >= 0.6 is 0 Å². The Balaban J connectivity index is 1.88. The maximum absolute atomic E-state index is 9.16. The molecular formula is C16H19NO. The highest BCUT2D eigenvalue weighted by Gasteiger charge is 2.28. The molecule has 0 aromatic heterocycles. The molecular weight excluding hydrogens is 222 g/mol. The third-order valence-electron chi connectivity index (χ3n) is 3.70. The van der Waals surface area contributed by atoms with Crippen LogP contribution < -0.4 is 0 Å². The number of aliphatic hydroxyl groups is 1. The maximum Gasteiger partial charge on any atom is 0.0558 e. The minimum Gasteiger partial charge on any atom is -0.395 e. The average molecular weight is 241 g/mol. The molecule has 94 valence electrons. The molecule has 0 unspecified atom stereocenters. The fourth-order valence-corrected chi connectivity index (χ4v) is 2.61. The lowest BCUT2D eigenvalue weighted by Gasteiger charge is -2.21. The van der Waals surface area contributed by atoms with Gasteiger partial charge < -0.3 is 5.11 Å². The van der Waals surface area contributed by atoms with Gasteiger partial charge in [-0.1, -0.05) is 42.5 Å². The van der Waals surface area contributed by atoms with Gasteiger partial charge in [0.05, 0.1) is 6.61 Å². The van der Waals surface area contributed by atoms with Crippen LogP contribution in [0.3, 0.4) is 0 Å². The molecule has 0 amide bonds. The Bertz CT molecular complexity index is 528. The molecule has 2 aromatic rings. The molecule has 2 heteroatoms. The molecule has 0 spiro atoms. The lowest BCUT2D eigenvalue weighted by Crippen LogP contribution is -2.28. The topological polar surface area (TPSA) is 23.5 Å². The van der Waals surface area contributed by atoms with E-state index in [1.54, 1.807) is 0 Å². The second-order valence-corrected chi connectivity index (χ2v) is 5.06. The van der Waals surface area contributed by atoms with Crippen molar-refractivity contribution in [1.29, 1.82) is 0 Å². The summed E-state index contributed by atoms with van der Waals surface area (Å²) >= 11 is 0. The molecule has 3 rings (SSSR count). The first-order valence-corrected chi connectivity index (χ1v) is 6.70. The number of rotatable bonds is 5. The van der Waals surface area contributed by atoms with Crippen LogP contribution in [-0.2, 0) is 6.54 Å². The van der Waals surface area contributed by atoms with Crippen LogP contribution in [0.4, 0.5) is 0 Å². The van der Waals surface area contributed by atoms with Crippen molar-refractivity contribution in [3.05, 3.63) is 48.0 Å². The Morgan fingerprint density at radius 3 is 2.61 bits per heavy atom. The van der Waals surface area contributed by atoms with Crippen molar-refractivity contribution in [2.24, 2.45) is 0 Å². The van der Waals surface area contributed by atoms with E-state index in [9.17, 15) is 0 Å². The van der Waals surface area contributed by atoms with E-state index in [1.165, 1.54) is 29.2 Å². The van der Waals surface area contributed by atoms with Crippen LogP contribution in [0.5, 0.6) is 0 Å². The Labute approximate surface area is 108 Å². The van der Waals surface area contributed by atoms with Gasteiger partial charge in [0.25, 0.3) is 0 Å². The van der Waals surface area contributed by atoms with Gasteiger partial charge in [-0.15, -0.1) is 0 Å². The fraction of sp³-hybridized carbons (Fsp3) is 0.375. The molecule has 1 aliphatic rings. The largest absolute Gasteiger partial charge is 0.395 e. The summed E-state index contributed by atoms with van der Waals surface area (Å²) in [5.41, 5.74) is 1.37. The zero-order valence-corrected chi connectivity index (χ0v) is 10.5. The highest BCUT2D eigenvalue weighted by Crippen LogP contribution is 2.29. The molecule has 18 heavy (non-hydrogen) atoms. The van der Waals surface area contributed by atoms with Crippen molar-refractivity contribution in [3.63, 3.8) is 0 Å². The van der Waals surface area contributed by atoms with E-state index in [4.69, 9.17) is 5.11 Å². The van der Waals surface area contributed by atoms with Crippen molar-refractivity contribution in [1.82, 2.24) is 4.90 Å². The summed E-state index contributed by atoms with van der Waals surface area (Å²) in [5, 5.41) is 11.8. The van der Waals surface area contributed by atoms with Crippen LogP contribution in [-0.4, -0.2) is 29.2 Å². The molecule has 1 saturated carbocycles. The van der Waals surface area contributed by atoms with E-state index in [0.29, 0.717) is 6.04 Å². The molecule has 0 aliphatic heterocycles. The molecule has 1 aliphatic carbocycles. The number of hydrogen-bond donors (Lipinski definition) is 1. The summed E-state index contributed by atoms with van der Waals surface area (Å²) in [6, 6.07) is 15.7. The summed E-state index contributed by atoms with van der Waals surface area (Å²) in [5.74, 6) is 0.